The molecule has 1 aliphatic carbocycles. The van der Waals surface area contributed by atoms with E-state index in [-0.39, 0.29) is 39.1 Å². The molecule has 0 bridgehead atoms. The number of aromatic nitrogens is 2. The Morgan fingerprint density at radius 1 is 1.00 bits per heavy atom. The van der Waals surface area contributed by atoms with Crippen LogP contribution >= 0.6 is 0 Å². The Morgan fingerprint density at radius 3 is 2.56 bits per heavy atom. The van der Waals surface area contributed by atoms with Crippen molar-refractivity contribution in [3.63, 3.8) is 0 Å². The summed E-state index contributed by atoms with van der Waals surface area (Å²) in [5, 5.41) is 0.989. The third-order valence-electron chi connectivity index (χ3n) is 6.72. The smallest absolute Gasteiger partial charge is 0.216 e. The molecule has 0 fully saturated rings. The SMILES string of the molecule is [2H]C([2H])([2H])c1c[n+](C)c(-c2c(C)ccc3c2oc2c4c(ccc23)C(C([2H])([2H])[2H])(C([2H])([2H])[2H])c2ccncc2-4)cc1C([2H])(C([2H])([2H])[2H])C([2H])([2H])[2H]. The van der Waals surface area contributed by atoms with Gasteiger partial charge in [-0.15, -0.1) is 0 Å². The fraction of sp³-hybridized carbons (Fsp3) is 0.290. The van der Waals surface area contributed by atoms with Crippen LogP contribution in [0.4, 0.5) is 0 Å². The standard InChI is InChI=1S/C31H31N2O/c1-17(2)22-14-26(33(7)16-19(22)4)27-18(3)8-9-20-21-10-11-25-28(30(21)34-29(20)27)23-15-32-13-12-24(23)31(25,5)6/h8-17H,1-7H3/q+1/i1D3,2D3,4D3,5D3,6D3,17D. The Kier molecular flexibility index (Phi) is 2.07. The molecule has 3 nitrogen and oxygen atoms in total. The Labute approximate surface area is 223 Å². The van der Waals surface area contributed by atoms with Crippen molar-refractivity contribution in [2.75, 3.05) is 0 Å². The van der Waals surface area contributed by atoms with Gasteiger partial charge in [0.25, 0.3) is 0 Å². The predicted molar refractivity (Wildman–Crippen MR) is 139 cm³/mol. The van der Waals surface area contributed by atoms with E-state index < -0.39 is 56.7 Å². The van der Waals surface area contributed by atoms with Crippen molar-refractivity contribution in [1.29, 1.82) is 0 Å². The second-order valence-electron chi connectivity index (χ2n) is 8.74. The Morgan fingerprint density at radius 2 is 1.79 bits per heavy atom. The molecule has 0 unspecified atom stereocenters. The van der Waals surface area contributed by atoms with Crippen LogP contribution in [0.3, 0.4) is 0 Å². The fourth-order valence-electron chi connectivity index (χ4n) is 5.07. The van der Waals surface area contributed by atoms with E-state index in [1.54, 1.807) is 25.1 Å². The van der Waals surface area contributed by atoms with E-state index >= 15 is 0 Å². The Bertz CT molecular complexity index is 2170. The van der Waals surface area contributed by atoms with E-state index in [4.69, 9.17) is 26.3 Å². The number of pyridine rings is 2. The van der Waals surface area contributed by atoms with E-state index in [1.807, 2.05) is 0 Å². The molecule has 0 radical (unpaired) electrons. The number of furan rings is 1. The molecule has 0 aliphatic heterocycles. The highest BCUT2D eigenvalue weighted by Gasteiger charge is 2.38. The molecule has 34 heavy (non-hydrogen) atoms. The van der Waals surface area contributed by atoms with Crippen LogP contribution in [0.1, 0.15) is 83.1 Å². The zero-order chi connectivity index (χ0) is 37.4. The number of hydrogen-bond donors (Lipinski definition) is 0. The first-order valence-electron chi connectivity index (χ1n) is 18.7. The first-order chi connectivity index (χ1) is 22.7. The van der Waals surface area contributed by atoms with Gasteiger partial charge >= 0.3 is 0 Å². The summed E-state index contributed by atoms with van der Waals surface area (Å²) in [6, 6.07) is 8.99. The number of benzene rings is 2. The molecule has 6 rings (SSSR count). The van der Waals surface area contributed by atoms with E-state index in [2.05, 4.69) is 4.98 Å². The van der Waals surface area contributed by atoms with Crippen LogP contribution in [0.25, 0.3) is 44.3 Å². The Balaban J connectivity index is 1.76. The van der Waals surface area contributed by atoms with Crippen molar-refractivity contribution >= 4 is 21.9 Å². The fourth-order valence-corrected chi connectivity index (χ4v) is 5.07. The van der Waals surface area contributed by atoms with Crippen molar-refractivity contribution in [1.82, 2.24) is 4.98 Å². The molecule has 0 amide bonds. The average molecular weight is 464 g/mol. The quantitative estimate of drug-likeness (QED) is 0.253. The molecule has 0 spiro atoms. The van der Waals surface area contributed by atoms with Gasteiger partial charge in [0.15, 0.2) is 6.20 Å². The van der Waals surface area contributed by atoms with Gasteiger partial charge in [-0.05, 0) is 48.0 Å². The predicted octanol–water partition coefficient (Wildman–Crippen LogP) is 7.52. The number of hydrogen-bond acceptors (Lipinski definition) is 2. The monoisotopic (exact) mass is 463 g/mol. The highest BCUT2D eigenvalue weighted by Crippen LogP contribution is 2.52. The molecule has 1 aliphatic rings. The normalized spacial score (nSPS) is 23.4. The van der Waals surface area contributed by atoms with E-state index in [9.17, 15) is 0 Å². The molecular weight excluding hydrogens is 416 g/mol. The largest absolute Gasteiger partial charge is 0.454 e. The van der Waals surface area contributed by atoms with E-state index in [1.165, 1.54) is 36.1 Å². The molecule has 3 heterocycles. The summed E-state index contributed by atoms with van der Waals surface area (Å²) < 4.78 is 141. The number of aryl methyl sites for hydroxylation is 3. The molecule has 5 aromatic rings. The summed E-state index contributed by atoms with van der Waals surface area (Å²) in [5.74, 6) is -3.34. The molecule has 0 N–H and O–H groups in total. The summed E-state index contributed by atoms with van der Waals surface area (Å²) >= 11 is 0. The molecule has 0 atom stereocenters. The molecule has 3 aromatic heterocycles. The van der Waals surface area contributed by atoms with Crippen molar-refractivity contribution < 1.29 is 30.9 Å². The average Bonchev–Trinajstić information content (AvgIpc) is 3.48. The van der Waals surface area contributed by atoms with Gasteiger partial charge in [-0.2, -0.15) is 0 Å². The summed E-state index contributed by atoms with van der Waals surface area (Å²) in [6.45, 7) is -14.3. The van der Waals surface area contributed by atoms with Gasteiger partial charge in [0.05, 0.1) is 5.56 Å². The first-order valence-corrected chi connectivity index (χ1v) is 10.7. The van der Waals surface area contributed by atoms with Crippen LogP contribution in [-0.4, -0.2) is 4.98 Å². The van der Waals surface area contributed by atoms with Crippen molar-refractivity contribution in [2.45, 2.75) is 52.5 Å². The van der Waals surface area contributed by atoms with Gasteiger partial charge in [0.2, 0.25) is 5.69 Å². The minimum atomic E-state index is -3.48. The van der Waals surface area contributed by atoms with Crippen molar-refractivity contribution in [3.8, 4) is 22.4 Å². The Hall–Kier alpha value is -3.46. The van der Waals surface area contributed by atoms with E-state index in [0.29, 0.717) is 21.9 Å². The topological polar surface area (TPSA) is 29.9 Å². The van der Waals surface area contributed by atoms with Gasteiger partial charge in [-0.1, -0.05) is 51.7 Å². The molecule has 0 saturated heterocycles. The maximum Gasteiger partial charge on any atom is 0.216 e. The highest BCUT2D eigenvalue weighted by molar-refractivity contribution is 6.14. The second kappa shape index (κ2) is 7.02. The zero-order valence-electron chi connectivity index (χ0n) is 34.5. The summed E-state index contributed by atoms with van der Waals surface area (Å²) in [7, 11) is 1.49. The maximum absolute atomic E-state index is 8.90. The summed E-state index contributed by atoms with van der Waals surface area (Å²) in [5.41, 5.74) is -1.84. The first kappa shape index (κ1) is 10.0. The van der Waals surface area contributed by atoms with Crippen LogP contribution < -0.4 is 4.57 Å². The van der Waals surface area contributed by atoms with Gasteiger partial charge in [0.1, 0.15) is 18.2 Å². The van der Waals surface area contributed by atoms with Gasteiger partial charge in [-0.3, -0.25) is 4.98 Å². The molecule has 170 valence electrons. The van der Waals surface area contributed by atoms with Crippen LogP contribution in [0, 0.1) is 13.8 Å². The van der Waals surface area contributed by atoms with E-state index in [0.717, 1.165) is 12.3 Å². The zero-order valence-corrected chi connectivity index (χ0v) is 18.5. The van der Waals surface area contributed by atoms with Gasteiger partial charge in [-0.25, -0.2) is 4.57 Å². The highest BCUT2D eigenvalue weighted by atomic mass is 16.3. The molecule has 3 heteroatoms. The lowest BCUT2D eigenvalue weighted by atomic mass is 9.82. The lowest BCUT2D eigenvalue weighted by molar-refractivity contribution is -0.660. The molecule has 2 aromatic carbocycles. The second-order valence-corrected chi connectivity index (χ2v) is 8.74. The minimum Gasteiger partial charge on any atom is -0.454 e. The number of fused-ring (bicyclic) bond motifs is 7. The maximum atomic E-state index is 8.90. The third kappa shape index (κ3) is 2.70. The third-order valence-corrected chi connectivity index (χ3v) is 6.72. The molecule has 0 saturated carbocycles. The van der Waals surface area contributed by atoms with Crippen LogP contribution in [0.2, 0.25) is 0 Å². The van der Waals surface area contributed by atoms with Crippen LogP contribution in [0.15, 0.2) is 59.4 Å². The minimum absolute atomic E-state index is 0.00884. The number of rotatable bonds is 2. The van der Waals surface area contributed by atoms with Crippen molar-refractivity contribution in [2.24, 2.45) is 7.05 Å². The molecular formula is C31H31N2O+. The lowest BCUT2D eigenvalue weighted by Gasteiger charge is -2.20. The van der Waals surface area contributed by atoms with Gasteiger partial charge in [0, 0.05) is 73.3 Å². The van der Waals surface area contributed by atoms with Gasteiger partial charge < -0.3 is 4.42 Å². The summed E-state index contributed by atoms with van der Waals surface area (Å²) in [4.78, 5) is 4.17. The number of nitrogens with zero attached hydrogens (tertiary/aromatic N) is 2. The lowest BCUT2D eigenvalue weighted by Crippen LogP contribution is -2.32. The van der Waals surface area contributed by atoms with Crippen LogP contribution in [-0.2, 0) is 12.5 Å². The summed E-state index contributed by atoms with van der Waals surface area (Å²) in [6.07, 6.45) is 3.82. The van der Waals surface area contributed by atoms with Crippen molar-refractivity contribution in [3.05, 3.63) is 82.8 Å². The van der Waals surface area contributed by atoms with Crippen LogP contribution in [0.5, 0.6) is 0 Å².